The van der Waals surface area contributed by atoms with Crippen molar-refractivity contribution in [3.8, 4) is 0 Å². The molecule has 1 aliphatic heterocycles. The van der Waals surface area contributed by atoms with Crippen molar-refractivity contribution >= 4 is 56.7 Å². The van der Waals surface area contributed by atoms with Gasteiger partial charge in [0.05, 0.1) is 11.4 Å². The highest BCUT2D eigenvalue weighted by Gasteiger charge is 2.29. The first kappa shape index (κ1) is 15.4. The zero-order valence-electron chi connectivity index (χ0n) is 12.1. The van der Waals surface area contributed by atoms with Crippen LogP contribution in [0.25, 0.3) is 0 Å². The summed E-state index contributed by atoms with van der Waals surface area (Å²) < 4.78 is 0.554. The van der Waals surface area contributed by atoms with Gasteiger partial charge in [-0.15, -0.1) is 0 Å². The van der Waals surface area contributed by atoms with Crippen LogP contribution in [-0.4, -0.2) is 28.6 Å². The third-order valence-electron chi connectivity index (χ3n) is 3.15. The molecule has 0 N–H and O–H groups in total. The molecule has 0 bridgehead atoms. The van der Waals surface area contributed by atoms with Crippen LogP contribution in [0.15, 0.2) is 58.3 Å². The Bertz CT molecular complexity index is 700. The van der Waals surface area contributed by atoms with E-state index in [0.29, 0.717) is 4.32 Å². The molecule has 6 heteroatoms. The van der Waals surface area contributed by atoms with Crippen LogP contribution >= 0.6 is 35.7 Å². The Morgan fingerprint density at radius 1 is 1.05 bits per heavy atom. The monoisotopic (exact) mass is 346 g/mol. The minimum atomic E-state index is -0.0844. The Balaban J connectivity index is 2.03. The molecule has 3 rings (SSSR count). The summed E-state index contributed by atoms with van der Waals surface area (Å²) >= 11 is 8.02. The molecule has 0 saturated heterocycles. The topological polar surface area (TPSA) is 23.6 Å². The maximum atomic E-state index is 12.8. The van der Waals surface area contributed by atoms with Gasteiger partial charge in [0.25, 0.3) is 5.24 Å². The van der Waals surface area contributed by atoms with Gasteiger partial charge in [0.2, 0.25) is 0 Å². The van der Waals surface area contributed by atoms with E-state index in [-0.39, 0.29) is 5.24 Å². The van der Waals surface area contributed by atoms with Gasteiger partial charge in [-0.1, -0.05) is 48.2 Å². The van der Waals surface area contributed by atoms with Crippen LogP contribution in [0.1, 0.15) is 0 Å². The molecule has 0 unspecified atom stereocenters. The Hall–Kier alpha value is -1.50. The number of nitrogens with zero attached hydrogens (tertiary/aromatic N) is 2. The zero-order valence-corrected chi connectivity index (χ0v) is 14.6. The van der Waals surface area contributed by atoms with Crippen molar-refractivity contribution in [2.24, 2.45) is 0 Å². The molecule has 0 spiro atoms. The van der Waals surface area contributed by atoms with E-state index in [9.17, 15) is 4.79 Å². The highest BCUT2D eigenvalue weighted by Crippen LogP contribution is 2.48. The molecule has 0 atom stereocenters. The number of thiocarbonyl (C=S) groups is 1. The number of hydrogen-bond donors (Lipinski definition) is 0. The molecule has 0 aromatic heterocycles. The summed E-state index contributed by atoms with van der Waals surface area (Å²) in [5, 5.41) is -0.0844. The highest BCUT2D eigenvalue weighted by atomic mass is 32.2. The standard InChI is InChI=1S/C16H14N2OS3/c1-17(2)16(20)22-15(19)18-11-7-3-5-9-13(11)21-14-10-6-4-8-12(14)18/h3-10H,1-2H3. The van der Waals surface area contributed by atoms with Crippen LogP contribution < -0.4 is 4.90 Å². The van der Waals surface area contributed by atoms with Crippen LogP contribution in [0.5, 0.6) is 0 Å². The van der Waals surface area contributed by atoms with Crippen LogP contribution in [0.4, 0.5) is 16.2 Å². The van der Waals surface area contributed by atoms with E-state index >= 15 is 0 Å². The molecule has 0 fully saturated rings. The van der Waals surface area contributed by atoms with Crippen molar-refractivity contribution in [2.75, 3.05) is 19.0 Å². The van der Waals surface area contributed by atoms with E-state index in [2.05, 4.69) is 0 Å². The smallest absolute Gasteiger partial charge is 0.297 e. The first-order valence-corrected chi connectivity index (χ1v) is 8.71. The molecule has 1 aliphatic rings. The molecule has 1 amide bonds. The fourth-order valence-corrected chi connectivity index (χ4v) is 4.00. The molecule has 112 valence electrons. The number of carbonyl (C=O) groups excluding carboxylic acids is 1. The molecule has 0 aliphatic carbocycles. The fourth-order valence-electron chi connectivity index (χ4n) is 2.11. The molecular formula is C16H14N2OS3. The van der Waals surface area contributed by atoms with Gasteiger partial charge in [0.15, 0.2) is 0 Å². The number of thioether (sulfide) groups is 1. The van der Waals surface area contributed by atoms with Crippen molar-refractivity contribution in [2.45, 2.75) is 9.79 Å². The normalized spacial score (nSPS) is 12.4. The number of para-hydroxylation sites is 2. The largest absolute Gasteiger partial charge is 0.363 e. The first-order valence-electron chi connectivity index (χ1n) is 6.67. The predicted octanol–water partition coefficient (Wildman–Crippen LogP) is 4.99. The van der Waals surface area contributed by atoms with Crippen molar-refractivity contribution in [1.82, 2.24) is 4.90 Å². The number of amides is 1. The van der Waals surface area contributed by atoms with Crippen LogP contribution in [0.2, 0.25) is 0 Å². The Morgan fingerprint density at radius 3 is 2.05 bits per heavy atom. The van der Waals surface area contributed by atoms with Gasteiger partial charge in [-0.2, -0.15) is 0 Å². The maximum Gasteiger partial charge on any atom is 0.297 e. The molecular weight excluding hydrogens is 332 g/mol. The summed E-state index contributed by atoms with van der Waals surface area (Å²) in [6.45, 7) is 0. The number of rotatable bonds is 0. The van der Waals surface area contributed by atoms with Gasteiger partial charge < -0.3 is 4.90 Å². The van der Waals surface area contributed by atoms with Crippen LogP contribution in [0, 0.1) is 0 Å². The second-order valence-electron chi connectivity index (χ2n) is 4.90. The molecule has 3 nitrogen and oxygen atoms in total. The average molecular weight is 347 g/mol. The summed E-state index contributed by atoms with van der Waals surface area (Å²) in [4.78, 5) is 18.5. The van der Waals surface area contributed by atoms with Gasteiger partial charge in [-0.05, 0) is 24.3 Å². The van der Waals surface area contributed by atoms with Crippen molar-refractivity contribution in [1.29, 1.82) is 0 Å². The second-order valence-corrected chi connectivity index (χ2v) is 7.57. The molecule has 2 aromatic carbocycles. The number of carbonyl (C=O) groups is 1. The molecule has 1 heterocycles. The van der Waals surface area contributed by atoms with E-state index < -0.39 is 0 Å². The van der Waals surface area contributed by atoms with E-state index in [1.165, 1.54) is 0 Å². The van der Waals surface area contributed by atoms with E-state index in [1.54, 1.807) is 21.6 Å². The lowest BCUT2D eigenvalue weighted by atomic mass is 10.2. The lowest BCUT2D eigenvalue weighted by molar-refractivity contribution is 0.267. The van der Waals surface area contributed by atoms with Crippen LogP contribution in [-0.2, 0) is 0 Å². The minimum absolute atomic E-state index is 0.0844. The number of fused-ring (bicyclic) bond motifs is 2. The number of anilines is 2. The van der Waals surface area contributed by atoms with Crippen molar-refractivity contribution in [3.63, 3.8) is 0 Å². The Kier molecular flexibility index (Phi) is 4.42. The molecule has 2 aromatic rings. The van der Waals surface area contributed by atoms with Crippen molar-refractivity contribution in [3.05, 3.63) is 48.5 Å². The second kappa shape index (κ2) is 6.32. The predicted molar refractivity (Wildman–Crippen MR) is 98.4 cm³/mol. The zero-order chi connectivity index (χ0) is 15.7. The van der Waals surface area contributed by atoms with E-state index in [1.807, 2.05) is 62.6 Å². The molecule has 22 heavy (non-hydrogen) atoms. The molecule has 0 saturated carbocycles. The lowest BCUT2D eigenvalue weighted by Gasteiger charge is -2.30. The number of benzene rings is 2. The number of hydrogen-bond acceptors (Lipinski definition) is 4. The Labute approximate surface area is 143 Å². The summed E-state index contributed by atoms with van der Waals surface area (Å²) in [7, 11) is 3.69. The van der Waals surface area contributed by atoms with Gasteiger partial charge in [0, 0.05) is 35.6 Å². The quantitative estimate of drug-likeness (QED) is 0.626. The third kappa shape index (κ3) is 2.86. The van der Waals surface area contributed by atoms with Crippen LogP contribution in [0.3, 0.4) is 0 Å². The average Bonchev–Trinajstić information content (AvgIpc) is 2.52. The van der Waals surface area contributed by atoms with Gasteiger partial charge in [0.1, 0.15) is 4.32 Å². The SMILES string of the molecule is CN(C)C(=S)SC(=O)N1c2ccccc2Sc2ccccc21. The third-order valence-corrected chi connectivity index (χ3v) is 5.80. The molecule has 0 radical (unpaired) electrons. The summed E-state index contributed by atoms with van der Waals surface area (Å²) in [5.74, 6) is 0. The minimum Gasteiger partial charge on any atom is -0.363 e. The maximum absolute atomic E-state index is 12.8. The van der Waals surface area contributed by atoms with Gasteiger partial charge >= 0.3 is 0 Å². The summed E-state index contributed by atoms with van der Waals surface area (Å²) in [6, 6.07) is 15.9. The van der Waals surface area contributed by atoms with E-state index in [4.69, 9.17) is 12.2 Å². The van der Waals surface area contributed by atoms with E-state index in [0.717, 1.165) is 32.9 Å². The van der Waals surface area contributed by atoms with Crippen molar-refractivity contribution < 1.29 is 4.79 Å². The fraction of sp³-hybridized carbons (Fsp3) is 0.125. The van der Waals surface area contributed by atoms with Gasteiger partial charge in [-0.25, -0.2) is 0 Å². The van der Waals surface area contributed by atoms with Gasteiger partial charge in [-0.3, -0.25) is 9.69 Å². The summed E-state index contributed by atoms with van der Waals surface area (Å²) in [6.07, 6.45) is 0. The Morgan fingerprint density at radius 2 is 1.55 bits per heavy atom. The lowest BCUT2D eigenvalue weighted by Crippen LogP contribution is -2.28. The highest BCUT2D eigenvalue weighted by molar-refractivity contribution is 8.33. The summed E-state index contributed by atoms with van der Waals surface area (Å²) in [5.41, 5.74) is 1.82. The first-order chi connectivity index (χ1) is 10.6.